The Morgan fingerprint density at radius 1 is 0.692 bits per heavy atom. The predicted molar refractivity (Wildman–Crippen MR) is 244 cm³/mol. The summed E-state index contributed by atoms with van der Waals surface area (Å²) in [5.74, 6) is -1.19. The molecule has 6 N–H and O–H groups in total. The third kappa shape index (κ3) is 10.1. The van der Waals surface area contributed by atoms with Crippen molar-refractivity contribution in [2.45, 2.75) is 72.8 Å². The highest BCUT2D eigenvalue weighted by Gasteiger charge is 2.24. The molecule has 0 atom stereocenters. The smallest absolute Gasteiger partial charge is 0.276 e. The second kappa shape index (κ2) is 20.0. The maximum atomic E-state index is 13.9. The van der Waals surface area contributed by atoms with Gasteiger partial charge >= 0.3 is 0 Å². The van der Waals surface area contributed by atoms with E-state index < -0.39 is 23.6 Å². The molecule has 6 aromatic rings. The van der Waals surface area contributed by atoms with Crippen molar-refractivity contribution in [2.24, 2.45) is 11.5 Å². The highest BCUT2D eigenvalue weighted by molar-refractivity contribution is 6.05. The number of nitrogens with one attached hydrogen (secondary N) is 2. The van der Waals surface area contributed by atoms with Crippen LogP contribution >= 0.6 is 0 Å². The number of rotatable bonds is 19. The molecular formula is C45H55N13O7. The van der Waals surface area contributed by atoms with E-state index in [2.05, 4.69) is 25.7 Å². The summed E-state index contributed by atoms with van der Waals surface area (Å²) in [4.78, 5) is 64.2. The Morgan fingerprint density at radius 3 is 1.63 bits per heavy atom. The van der Waals surface area contributed by atoms with Crippen LogP contribution in [0.4, 0.5) is 11.9 Å². The lowest BCUT2D eigenvalue weighted by Gasteiger charge is -2.30. The van der Waals surface area contributed by atoms with Crippen molar-refractivity contribution in [2.75, 3.05) is 51.1 Å². The molecule has 5 heterocycles. The number of aryl methyl sites for hydroxylation is 4. The van der Waals surface area contributed by atoms with Crippen LogP contribution < -0.4 is 31.6 Å². The van der Waals surface area contributed by atoms with Gasteiger partial charge in [0.25, 0.3) is 11.8 Å². The van der Waals surface area contributed by atoms with Gasteiger partial charge in [-0.3, -0.25) is 44.1 Å². The van der Waals surface area contributed by atoms with E-state index in [0.717, 1.165) is 32.5 Å². The number of anilines is 2. The molecule has 0 radical (unpaired) electrons. The van der Waals surface area contributed by atoms with Gasteiger partial charge in [0.2, 0.25) is 23.7 Å². The number of likely N-dealkylation sites (tertiary alicyclic amines) is 1. The molecule has 0 unspecified atom stereocenters. The van der Waals surface area contributed by atoms with Crippen molar-refractivity contribution < 1.29 is 33.4 Å². The number of methoxy groups -OCH3 is 2. The summed E-state index contributed by atoms with van der Waals surface area (Å²) < 4.78 is 24.3. The molecule has 1 aliphatic heterocycles. The molecule has 0 spiro atoms. The first kappa shape index (κ1) is 45.7. The fourth-order valence-electron chi connectivity index (χ4n) is 7.94. The Morgan fingerprint density at radius 2 is 1.17 bits per heavy atom. The second-order valence-electron chi connectivity index (χ2n) is 15.6. The van der Waals surface area contributed by atoms with Crippen molar-refractivity contribution in [3.05, 3.63) is 94.6 Å². The number of ether oxygens (including phenoxy) is 3. The number of amides is 4. The molecular weight excluding hydrogens is 835 g/mol. The van der Waals surface area contributed by atoms with Gasteiger partial charge in [-0.1, -0.05) is 24.3 Å². The van der Waals surface area contributed by atoms with E-state index in [0.29, 0.717) is 69.4 Å². The van der Waals surface area contributed by atoms with Gasteiger partial charge in [-0.2, -0.15) is 10.2 Å². The first-order chi connectivity index (χ1) is 31.3. The summed E-state index contributed by atoms with van der Waals surface area (Å²) in [6.45, 7) is 11.5. The lowest BCUT2D eigenvalue weighted by molar-refractivity contribution is 0.0444. The minimum atomic E-state index is -0.669. The Bertz CT molecular complexity index is 2800. The average molecular weight is 890 g/mol. The van der Waals surface area contributed by atoms with Gasteiger partial charge in [-0.15, -0.1) is 0 Å². The van der Waals surface area contributed by atoms with E-state index in [1.165, 1.54) is 19.2 Å². The molecule has 342 valence electrons. The molecule has 0 saturated carbocycles. The molecule has 20 nitrogen and oxygen atoms in total. The summed E-state index contributed by atoms with van der Waals surface area (Å²) >= 11 is 0. The number of nitrogens with two attached hydrogens (primary N) is 2. The summed E-state index contributed by atoms with van der Waals surface area (Å²) in [6, 6.07) is 9.58. The lowest BCUT2D eigenvalue weighted by atomic mass is 10.1. The molecule has 0 bridgehead atoms. The van der Waals surface area contributed by atoms with Crippen LogP contribution in [0.1, 0.15) is 79.8 Å². The number of carbonyl (C=O) groups excluding carboxylic acids is 4. The minimum Gasteiger partial charge on any atom is -0.494 e. The average Bonchev–Trinajstić information content (AvgIpc) is 4.06. The molecule has 1 saturated heterocycles. The zero-order valence-electron chi connectivity index (χ0n) is 37.5. The van der Waals surface area contributed by atoms with Crippen LogP contribution in [0.5, 0.6) is 11.5 Å². The van der Waals surface area contributed by atoms with E-state index in [-0.39, 0.29) is 48.8 Å². The SMILES string of the molecule is CCn1nc(C)cc1C(=O)Nc1nc2cc(C(N)=O)cc(OC)c2n1C/C=C/Cn1c(NC(=O)c2cc(C)nn2CC)nc2cc(C(N)=O)cc(OC/C=C/CN3CCC(OC)CC3)c21. The summed E-state index contributed by atoms with van der Waals surface area (Å²) in [6.07, 6.45) is 9.92. The van der Waals surface area contributed by atoms with Gasteiger partial charge in [0.15, 0.2) is 0 Å². The number of hydrogen-bond donors (Lipinski definition) is 4. The molecule has 4 amide bonds. The number of fused-ring (bicyclic) bond motifs is 2. The van der Waals surface area contributed by atoms with Crippen molar-refractivity contribution in [1.82, 2.24) is 43.6 Å². The van der Waals surface area contributed by atoms with Crippen LogP contribution in [-0.2, 0) is 30.9 Å². The lowest BCUT2D eigenvalue weighted by Crippen LogP contribution is -2.36. The van der Waals surface area contributed by atoms with E-state index in [9.17, 15) is 19.2 Å². The zero-order valence-corrected chi connectivity index (χ0v) is 37.5. The van der Waals surface area contributed by atoms with Gasteiger partial charge in [0.05, 0.1) is 35.6 Å². The van der Waals surface area contributed by atoms with Crippen LogP contribution in [0.15, 0.2) is 60.7 Å². The van der Waals surface area contributed by atoms with Gasteiger partial charge in [-0.05, 0) is 76.9 Å². The number of aromatic nitrogens is 8. The van der Waals surface area contributed by atoms with Crippen molar-refractivity contribution in [3.63, 3.8) is 0 Å². The maximum absolute atomic E-state index is 13.9. The van der Waals surface area contributed by atoms with E-state index in [1.54, 1.807) is 56.8 Å². The molecule has 65 heavy (non-hydrogen) atoms. The standard InChI is InChI=1S/C45H55N13O7/c1-7-57-34(21-27(3)52-57)42(61)50-44-48-32-23-29(40(46)59)25-36(64-6)38(32)55(44)16-9-10-17-56-39-33(49-45(56)51-43(62)35-22-28(4)53-58(35)8-2)24-30(41(47)60)26-37(39)65-20-12-11-15-54-18-13-31(63-5)14-19-54/h9-12,21-26,31H,7-8,13-20H2,1-6H3,(H2,46,59)(H2,47,60)(H,48,50,61)(H,49,51,62)/b10-9+,12-11+. The monoisotopic (exact) mass is 889 g/mol. The molecule has 4 aromatic heterocycles. The largest absolute Gasteiger partial charge is 0.494 e. The zero-order chi connectivity index (χ0) is 46.4. The van der Waals surface area contributed by atoms with Crippen LogP contribution in [0.25, 0.3) is 22.1 Å². The fraction of sp³-hybridized carbons (Fsp3) is 0.378. The van der Waals surface area contributed by atoms with Crippen molar-refractivity contribution in [3.8, 4) is 11.5 Å². The molecule has 1 fully saturated rings. The number of allylic oxidation sites excluding steroid dienone is 2. The Balaban J connectivity index is 1.23. The number of imidazole rings is 2. The number of hydrogen-bond acceptors (Lipinski definition) is 12. The first-order valence-electron chi connectivity index (χ1n) is 21.4. The summed E-state index contributed by atoms with van der Waals surface area (Å²) in [5.41, 5.74) is 15.6. The fourth-order valence-corrected chi connectivity index (χ4v) is 7.94. The molecule has 7 rings (SSSR count). The molecule has 1 aliphatic rings. The predicted octanol–water partition coefficient (Wildman–Crippen LogP) is 4.45. The minimum absolute atomic E-state index is 0.157. The summed E-state index contributed by atoms with van der Waals surface area (Å²) in [5, 5.41) is 14.7. The Hall–Kier alpha value is -7.32. The molecule has 0 aliphatic carbocycles. The van der Waals surface area contributed by atoms with E-state index >= 15 is 0 Å². The second-order valence-corrected chi connectivity index (χ2v) is 15.6. The van der Waals surface area contributed by atoms with Crippen LogP contribution in [0, 0.1) is 13.8 Å². The van der Waals surface area contributed by atoms with Gasteiger partial charge < -0.3 is 34.8 Å². The third-order valence-corrected chi connectivity index (χ3v) is 11.2. The summed E-state index contributed by atoms with van der Waals surface area (Å²) in [7, 11) is 3.22. The molecule has 20 heteroatoms. The maximum Gasteiger partial charge on any atom is 0.276 e. The Kier molecular flexibility index (Phi) is 14.1. The number of piperidine rings is 1. The highest BCUT2D eigenvalue weighted by atomic mass is 16.5. The number of benzene rings is 2. The number of primary amides is 2. The normalized spacial score (nSPS) is 13.7. The van der Waals surface area contributed by atoms with Crippen molar-refractivity contribution in [1.29, 1.82) is 0 Å². The highest BCUT2D eigenvalue weighted by Crippen LogP contribution is 2.33. The Labute approximate surface area is 375 Å². The third-order valence-electron chi connectivity index (χ3n) is 11.2. The van der Waals surface area contributed by atoms with Crippen LogP contribution in [-0.4, -0.2) is 114 Å². The first-order valence-corrected chi connectivity index (χ1v) is 21.4. The van der Waals surface area contributed by atoms with E-state index in [4.69, 9.17) is 35.6 Å². The molecule has 2 aromatic carbocycles. The van der Waals surface area contributed by atoms with Crippen LogP contribution in [0.3, 0.4) is 0 Å². The van der Waals surface area contributed by atoms with Gasteiger partial charge in [-0.25, -0.2) is 9.97 Å². The quantitative estimate of drug-likeness (QED) is 0.0825. The topological polar surface area (TPSA) is 247 Å². The van der Waals surface area contributed by atoms with Crippen LogP contribution in [0.2, 0.25) is 0 Å². The van der Waals surface area contributed by atoms with Crippen molar-refractivity contribution >= 4 is 57.6 Å². The number of nitrogens with zero attached hydrogens (tertiary/aromatic N) is 9. The van der Waals surface area contributed by atoms with E-state index in [1.807, 2.05) is 45.1 Å². The van der Waals surface area contributed by atoms with Gasteiger partial charge in [0, 0.05) is 64.0 Å². The van der Waals surface area contributed by atoms with Gasteiger partial charge in [0.1, 0.15) is 40.5 Å². The number of carbonyl (C=O) groups is 4.